The monoisotopic (exact) mass is 270 g/mol. The number of hydrogen-bond acceptors (Lipinski definition) is 2. The van der Waals surface area contributed by atoms with Crippen LogP contribution in [0.4, 0.5) is 4.79 Å². The molecule has 112 valence electrons. The van der Waals surface area contributed by atoms with Crippen LogP contribution >= 0.6 is 0 Å². The van der Waals surface area contributed by atoms with Crippen LogP contribution in [0.15, 0.2) is 0 Å². The third-order valence-corrected chi connectivity index (χ3v) is 4.01. The molecule has 0 saturated heterocycles. The highest BCUT2D eigenvalue weighted by Gasteiger charge is 2.24. The zero-order chi connectivity index (χ0) is 13.9. The van der Waals surface area contributed by atoms with Crippen molar-refractivity contribution in [3.8, 4) is 0 Å². The van der Waals surface area contributed by atoms with E-state index in [0.717, 1.165) is 25.7 Å². The first-order valence-corrected chi connectivity index (χ1v) is 7.93. The molecule has 0 aromatic carbocycles. The predicted octanol–water partition coefficient (Wildman–Crippen LogP) is 2.81. The smallest absolute Gasteiger partial charge is 0.315 e. The van der Waals surface area contributed by atoms with E-state index >= 15 is 0 Å². The van der Waals surface area contributed by atoms with E-state index in [1.165, 1.54) is 32.1 Å². The number of amides is 2. The molecule has 1 aliphatic rings. The average Bonchev–Trinajstić information content (AvgIpc) is 2.44. The number of urea groups is 1. The Balaban J connectivity index is 2.28. The van der Waals surface area contributed by atoms with Gasteiger partial charge in [0.25, 0.3) is 0 Å². The number of carbonyl (C=O) groups is 1. The molecule has 1 aliphatic carbocycles. The molecule has 4 heteroatoms. The van der Waals surface area contributed by atoms with Crippen molar-refractivity contribution in [2.75, 3.05) is 13.2 Å². The molecular formula is C15H30N2O2. The Bertz CT molecular complexity index is 240. The van der Waals surface area contributed by atoms with E-state index in [1.54, 1.807) is 0 Å². The van der Waals surface area contributed by atoms with Crippen LogP contribution < -0.4 is 10.6 Å². The Morgan fingerprint density at radius 1 is 1.26 bits per heavy atom. The summed E-state index contributed by atoms with van der Waals surface area (Å²) in [6, 6.07) is 0.296. The normalized spacial score (nSPS) is 18.0. The third kappa shape index (κ3) is 6.81. The Morgan fingerprint density at radius 2 is 2.00 bits per heavy atom. The number of aliphatic hydroxyl groups is 1. The Morgan fingerprint density at radius 3 is 2.63 bits per heavy atom. The minimum atomic E-state index is -0.0398. The molecular weight excluding hydrogens is 240 g/mol. The predicted molar refractivity (Wildman–Crippen MR) is 78.1 cm³/mol. The molecule has 1 fully saturated rings. The van der Waals surface area contributed by atoms with Gasteiger partial charge in [-0.1, -0.05) is 32.6 Å². The van der Waals surface area contributed by atoms with Crippen molar-refractivity contribution < 1.29 is 9.90 Å². The number of hydrogen-bond donors (Lipinski definition) is 3. The molecule has 1 unspecified atom stereocenters. The van der Waals surface area contributed by atoms with Gasteiger partial charge in [0.15, 0.2) is 0 Å². The summed E-state index contributed by atoms with van der Waals surface area (Å²) in [6.07, 6.45) is 10.3. The van der Waals surface area contributed by atoms with Gasteiger partial charge >= 0.3 is 6.03 Å². The molecule has 0 aliphatic heterocycles. The van der Waals surface area contributed by atoms with Gasteiger partial charge in [0.2, 0.25) is 0 Å². The highest BCUT2D eigenvalue weighted by Crippen LogP contribution is 2.28. The van der Waals surface area contributed by atoms with Crippen LogP contribution in [-0.2, 0) is 0 Å². The number of carbonyl (C=O) groups excluding carboxylic acids is 1. The van der Waals surface area contributed by atoms with Gasteiger partial charge in [-0.3, -0.25) is 0 Å². The molecule has 0 bridgehead atoms. The summed E-state index contributed by atoms with van der Waals surface area (Å²) >= 11 is 0. The molecule has 3 N–H and O–H groups in total. The molecule has 4 nitrogen and oxygen atoms in total. The standard InChI is InChI=1S/C15H30N2O2/c1-2-8-14(13-9-4-3-5-10-13)17-15(19)16-11-6-7-12-18/h13-14,18H,2-12H2,1H3,(H2,16,17,19). The van der Waals surface area contributed by atoms with Crippen molar-refractivity contribution >= 4 is 6.03 Å². The fraction of sp³-hybridized carbons (Fsp3) is 0.933. The van der Waals surface area contributed by atoms with Crippen LogP contribution in [0.1, 0.15) is 64.7 Å². The molecule has 0 spiro atoms. The summed E-state index contributed by atoms with van der Waals surface area (Å²) in [5.41, 5.74) is 0. The van der Waals surface area contributed by atoms with Gasteiger partial charge in [0, 0.05) is 19.2 Å². The zero-order valence-corrected chi connectivity index (χ0v) is 12.3. The van der Waals surface area contributed by atoms with E-state index < -0.39 is 0 Å². The minimum absolute atomic E-state index is 0.0398. The molecule has 1 rings (SSSR count). The van der Waals surface area contributed by atoms with Crippen molar-refractivity contribution in [1.29, 1.82) is 0 Å². The van der Waals surface area contributed by atoms with Crippen LogP contribution in [0.3, 0.4) is 0 Å². The second-order valence-corrected chi connectivity index (χ2v) is 5.62. The summed E-state index contributed by atoms with van der Waals surface area (Å²) in [7, 11) is 0. The maximum Gasteiger partial charge on any atom is 0.315 e. The highest BCUT2D eigenvalue weighted by molar-refractivity contribution is 5.74. The summed E-state index contributed by atoms with van der Waals surface area (Å²) in [4.78, 5) is 11.8. The first-order valence-electron chi connectivity index (χ1n) is 7.93. The summed E-state index contributed by atoms with van der Waals surface area (Å²) in [5.74, 6) is 0.664. The van der Waals surface area contributed by atoms with Gasteiger partial charge in [0.05, 0.1) is 0 Å². The molecule has 0 radical (unpaired) electrons. The number of unbranched alkanes of at least 4 members (excludes halogenated alkanes) is 1. The summed E-state index contributed by atoms with van der Waals surface area (Å²) < 4.78 is 0. The van der Waals surface area contributed by atoms with Gasteiger partial charge in [0.1, 0.15) is 0 Å². The molecule has 0 heterocycles. The fourth-order valence-electron chi connectivity index (χ4n) is 2.93. The molecule has 19 heavy (non-hydrogen) atoms. The van der Waals surface area contributed by atoms with E-state index in [1.807, 2.05) is 0 Å². The van der Waals surface area contributed by atoms with Crippen molar-refractivity contribution in [2.45, 2.75) is 70.8 Å². The van der Waals surface area contributed by atoms with E-state index in [4.69, 9.17) is 5.11 Å². The lowest BCUT2D eigenvalue weighted by Gasteiger charge is -2.30. The van der Waals surface area contributed by atoms with Crippen molar-refractivity contribution in [3.63, 3.8) is 0 Å². The number of rotatable bonds is 8. The molecule has 0 aromatic heterocycles. The quantitative estimate of drug-likeness (QED) is 0.594. The van der Waals surface area contributed by atoms with Crippen molar-refractivity contribution in [1.82, 2.24) is 10.6 Å². The first kappa shape index (κ1) is 16.3. The average molecular weight is 270 g/mol. The van der Waals surface area contributed by atoms with E-state index in [-0.39, 0.29) is 12.6 Å². The zero-order valence-electron chi connectivity index (χ0n) is 12.3. The van der Waals surface area contributed by atoms with Gasteiger partial charge in [-0.05, 0) is 38.0 Å². The largest absolute Gasteiger partial charge is 0.396 e. The van der Waals surface area contributed by atoms with E-state index in [9.17, 15) is 4.79 Å². The topological polar surface area (TPSA) is 61.4 Å². The van der Waals surface area contributed by atoms with E-state index in [2.05, 4.69) is 17.6 Å². The second-order valence-electron chi connectivity index (χ2n) is 5.62. The minimum Gasteiger partial charge on any atom is -0.396 e. The van der Waals surface area contributed by atoms with Crippen LogP contribution in [0.2, 0.25) is 0 Å². The molecule has 0 aromatic rings. The Hall–Kier alpha value is -0.770. The lowest BCUT2D eigenvalue weighted by atomic mass is 9.82. The van der Waals surface area contributed by atoms with Crippen molar-refractivity contribution in [2.24, 2.45) is 5.92 Å². The number of nitrogens with one attached hydrogen (secondary N) is 2. The van der Waals surface area contributed by atoms with Crippen LogP contribution in [0, 0.1) is 5.92 Å². The summed E-state index contributed by atoms with van der Waals surface area (Å²) in [6.45, 7) is 3.02. The maximum atomic E-state index is 11.8. The van der Waals surface area contributed by atoms with Crippen molar-refractivity contribution in [3.05, 3.63) is 0 Å². The SMILES string of the molecule is CCCC(NC(=O)NCCCCO)C1CCCCC1. The van der Waals surface area contributed by atoms with Gasteiger partial charge in [-0.25, -0.2) is 4.79 Å². The fourth-order valence-corrected chi connectivity index (χ4v) is 2.93. The Kier molecular flexibility index (Phi) is 8.63. The second kappa shape index (κ2) is 10.1. The van der Waals surface area contributed by atoms with Gasteiger partial charge in [-0.15, -0.1) is 0 Å². The third-order valence-electron chi connectivity index (χ3n) is 4.01. The Labute approximate surface area is 117 Å². The maximum absolute atomic E-state index is 11.8. The first-order chi connectivity index (χ1) is 9.27. The number of aliphatic hydroxyl groups excluding tert-OH is 1. The van der Waals surface area contributed by atoms with E-state index in [0.29, 0.717) is 18.5 Å². The van der Waals surface area contributed by atoms with Crippen LogP contribution in [0.5, 0.6) is 0 Å². The lowest BCUT2D eigenvalue weighted by molar-refractivity contribution is 0.216. The van der Waals surface area contributed by atoms with Crippen LogP contribution in [-0.4, -0.2) is 30.3 Å². The molecule has 2 amide bonds. The summed E-state index contributed by atoms with van der Waals surface area (Å²) in [5, 5.41) is 14.7. The van der Waals surface area contributed by atoms with Gasteiger partial charge in [-0.2, -0.15) is 0 Å². The van der Waals surface area contributed by atoms with Gasteiger partial charge < -0.3 is 15.7 Å². The molecule has 1 saturated carbocycles. The van der Waals surface area contributed by atoms with Crippen LogP contribution in [0.25, 0.3) is 0 Å². The highest BCUT2D eigenvalue weighted by atomic mass is 16.3. The molecule has 1 atom stereocenters. The lowest BCUT2D eigenvalue weighted by Crippen LogP contribution is -2.46.